The summed E-state index contributed by atoms with van der Waals surface area (Å²) >= 11 is 1.55. The van der Waals surface area contributed by atoms with Crippen molar-refractivity contribution in [3.63, 3.8) is 0 Å². The largest absolute Gasteiger partial charge is 0.369 e. The van der Waals surface area contributed by atoms with Crippen molar-refractivity contribution < 1.29 is 18.3 Å². The zero-order valence-corrected chi connectivity index (χ0v) is 18.5. The summed E-state index contributed by atoms with van der Waals surface area (Å²) in [5, 5.41) is 3.20. The van der Waals surface area contributed by atoms with E-state index >= 15 is 0 Å². The third-order valence-corrected chi connectivity index (χ3v) is 8.84. The van der Waals surface area contributed by atoms with Gasteiger partial charge < -0.3 is 15.0 Å². The third kappa shape index (κ3) is 4.17. The number of likely N-dealkylation sites (tertiary alicyclic amines) is 1. The third-order valence-electron chi connectivity index (χ3n) is 7.45. The van der Waals surface area contributed by atoms with Crippen LogP contribution in [0.25, 0.3) is 0 Å². The molecule has 7 heteroatoms. The van der Waals surface area contributed by atoms with Gasteiger partial charge >= 0.3 is 0 Å². The second-order valence-corrected chi connectivity index (χ2v) is 11.0. The predicted octanol–water partition coefficient (Wildman–Crippen LogP) is 4.11. The molecule has 166 valence electrons. The van der Waals surface area contributed by atoms with Gasteiger partial charge in [0, 0.05) is 47.3 Å². The van der Waals surface area contributed by atoms with Crippen LogP contribution in [0.4, 0.5) is 8.78 Å². The summed E-state index contributed by atoms with van der Waals surface area (Å²) in [5.74, 6) is 1.22. The van der Waals surface area contributed by atoms with Crippen LogP contribution in [0.5, 0.6) is 0 Å². The van der Waals surface area contributed by atoms with Crippen LogP contribution in [0.1, 0.15) is 60.8 Å². The maximum absolute atomic E-state index is 12.9. The van der Waals surface area contributed by atoms with Gasteiger partial charge in [0.25, 0.3) is 0 Å². The van der Waals surface area contributed by atoms with E-state index in [2.05, 4.69) is 17.1 Å². The number of nitrogens with zero attached hydrogens (tertiary/aromatic N) is 1. The fourth-order valence-electron chi connectivity index (χ4n) is 5.59. The van der Waals surface area contributed by atoms with Crippen molar-refractivity contribution in [3.05, 3.63) is 21.4 Å². The van der Waals surface area contributed by atoms with Crippen molar-refractivity contribution in [2.24, 2.45) is 11.8 Å². The summed E-state index contributed by atoms with van der Waals surface area (Å²) < 4.78 is 32.1. The van der Waals surface area contributed by atoms with Crippen LogP contribution in [0, 0.1) is 11.8 Å². The minimum absolute atomic E-state index is 0.143. The standard InChI is InChI=1S/C23H32F2N2O2S/c1-14-12-23(21-17(4-7-29-23)10-19(30-21)11-20(24)25)5-6-27(14)13-15-8-18(9-15)26-22(28)16-2-3-16/h10,14-16,18,20H,2-9,11-13H2,1H3,(H,26,28)/t14-,15-,18+,23+/m0/s1. The molecule has 4 nitrogen and oxygen atoms in total. The Morgan fingerprint density at radius 3 is 2.90 bits per heavy atom. The normalized spacial score (nSPS) is 34.1. The van der Waals surface area contributed by atoms with E-state index in [9.17, 15) is 13.6 Å². The number of rotatable bonds is 6. The molecule has 2 aliphatic heterocycles. The number of piperidine rings is 1. The Bertz CT molecular complexity index is 790. The molecular weight excluding hydrogens is 406 g/mol. The minimum Gasteiger partial charge on any atom is -0.369 e. The number of hydrogen-bond donors (Lipinski definition) is 1. The molecule has 0 bridgehead atoms. The highest BCUT2D eigenvalue weighted by Gasteiger charge is 2.46. The van der Waals surface area contributed by atoms with Crippen LogP contribution in [-0.2, 0) is 28.0 Å². The summed E-state index contributed by atoms with van der Waals surface area (Å²) in [6.07, 6.45) is 4.59. The molecule has 30 heavy (non-hydrogen) atoms. The van der Waals surface area contributed by atoms with Crippen LogP contribution in [0.2, 0.25) is 0 Å². The average Bonchev–Trinajstić information content (AvgIpc) is 3.42. The van der Waals surface area contributed by atoms with E-state index < -0.39 is 6.43 Å². The molecule has 1 N–H and O–H groups in total. The smallest absolute Gasteiger partial charge is 0.243 e. The number of carbonyl (C=O) groups excluding carboxylic acids is 1. The Hall–Kier alpha value is -1.05. The molecule has 0 unspecified atom stereocenters. The average molecular weight is 439 g/mol. The number of amides is 1. The van der Waals surface area contributed by atoms with Crippen molar-refractivity contribution in [3.8, 4) is 0 Å². The fraction of sp³-hybridized carbons (Fsp3) is 0.783. The fourth-order valence-corrected chi connectivity index (χ4v) is 6.99. The number of alkyl halides is 2. The lowest BCUT2D eigenvalue weighted by atomic mass is 9.77. The van der Waals surface area contributed by atoms with Gasteiger partial charge in [-0.25, -0.2) is 8.78 Å². The lowest BCUT2D eigenvalue weighted by molar-refractivity contribution is -0.124. The van der Waals surface area contributed by atoms with Gasteiger partial charge in [0.15, 0.2) is 0 Å². The maximum Gasteiger partial charge on any atom is 0.243 e. The van der Waals surface area contributed by atoms with Gasteiger partial charge in [-0.3, -0.25) is 4.79 Å². The molecule has 1 aromatic rings. The second-order valence-electron chi connectivity index (χ2n) is 9.87. The number of carbonyl (C=O) groups is 1. The highest BCUT2D eigenvalue weighted by atomic mass is 32.1. The topological polar surface area (TPSA) is 41.6 Å². The van der Waals surface area contributed by atoms with Crippen LogP contribution in [0.15, 0.2) is 6.07 Å². The van der Waals surface area contributed by atoms with E-state index in [4.69, 9.17) is 4.74 Å². The van der Waals surface area contributed by atoms with Crippen molar-refractivity contribution >= 4 is 17.2 Å². The van der Waals surface area contributed by atoms with E-state index in [1.807, 2.05) is 6.07 Å². The van der Waals surface area contributed by atoms with Gasteiger partial charge in [0.2, 0.25) is 12.3 Å². The quantitative estimate of drug-likeness (QED) is 0.727. The second kappa shape index (κ2) is 8.14. The molecule has 2 saturated carbocycles. The summed E-state index contributed by atoms with van der Waals surface area (Å²) in [6.45, 7) is 5.03. The van der Waals surface area contributed by atoms with Crippen LogP contribution < -0.4 is 5.32 Å². The Morgan fingerprint density at radius 1 is 1.40 bits per heavy atom. The van der Waals surface area contributed by atoms with E-state index in [0.717, 1.165) is 62.9 Å². The molecule has 2 aliphatic carbocycles. The number of ether oxygens (including phenoxy) is 1. The van der Waals surface area contributed by atoms with Crippen molar-refractivity contribution in [2.75, 3.05) is 19.7 Å². The van der Waals surface area contributed by atoms with Gasteiger partial charge in [-0.2, -0.15) is 0 Å². The van der Waals surface area contributed by atoms with Gasteiger partial charge in [-0.15, -0.1) is 11.3 Å². The maximum atomic E-state index is 12.9. The molecule has 1 saturated heterocycles. The van der Waals surface area contributed by atoms with E-state index in [1.165, 1.54) is 10.4 Å². The number of nitrogens with one attached hydrogen (secondary N) is 1. The van der Waals surface area contributed by atoms with Gasteiger partial charge in [-0.1, -0.05) is 0 Å². The first-order valence-electron chi connectivity index (χ1n) is 11.5. The molecule has 1 amide bonds. The SMILES string of the molecule is C[C@H]1C[C@@]2(CCN1C[C@H]1C[C@@H](NC(=O)C3CC3)C1)OCCc1cc(CC(F)F)sc12. The van der Waals surface area contributed by atoms with Gasteiger partial charge in [0.1, 0.15) is 5.60 Å². The molecule has 5 rings (SSSR count). The molecule has 2 atom stereocenters. The van der Waals surface area contributed by atoms with Gasteiger partial charge in [-0.05, 0) is 69.4 Å². The Morgan fingerprint density at radius 2 is 2.20 bits per heavy atom. The molecule has 0 radical (unpaired) electrons. The summed E-state index contributed by atoms with van der Waals surface area (Å²) in [4.78, 5) is 16.5. The first-order chi connectivity index (χ1) is 14.4. The Labute approximate surface area is 181 Å². The molecule has 0 aromatic carbocycles. The number of fused-ring (bicyclic) bond motifs is 2. The van der Waals surface area contributed by atoms with Crippen molar-refractivity contribution in [1.29, 1.82) is 0 Å². The van der Waals surface area contributed by atoms with Crippen LogP contribution >= 0.6 is 11.3 Å². The highest BCUT2D eigenvalue weighted by molar-refractivity contribution is 7.12. The van der Waals surface area contributed by atoms with E-state index in [1.54, 1.807) is 11.3 Å². The Kier molecular flexibility index (Phi) is 5.65. The zero-order valence-electron chi connectivity index (χ0n) is 17.7. The number of halogens is 2. The summed E-state index contributed by atoms with van der Waals surface area (Å²) in [5.41, 5.74) is 0.949. The van der Waals surface area contributed by atoms with Crippen molar-refractivity contribution in [2.45, 2.75) is 82.4 Å². The van der Waals surface area contributed by atoms with Crippen molar-refractivity contribution in [1.82, 2.24) is 10.2 Å². The zero-order chi connectivity index (χ0) is 20.9. The monoisotopic (exact) mass is 438 g/mol. The molecule has 3 fully saturated rings. The summed E-state index contributed by atoms with van der Waals surface area (Å²) in [6, 6.07) is 2.78. The lowest BCUT2D eigenvalue weighted by Crippen LogP contribution is -2.54. The van der Waals surface area contributed by atoms with E-state index in [0.29, 0.717) is 30.5 Å². The van der Waals surface area contributed by atoms with Crippen LogP contribution in [-0.4, -0.2) is 49.0 Å². The predicted molar refractivity (Wildman–Crippen MR) is 113 cm³/mol. The van der Waals surface area contributed by atoms with Gasteiger partial charge in [0.05, 0.1) is 6.61 Å². The molecule has 1 aromatic heterocycles. The molecule has 3 heterocycles. The lowest BCUT2D eigenvalue weighted by Gasteiger charge is -2.49. The highest BCUT2D eigenvalue weighted by Crippen LogP contribution is 2.47. The molecular formula is C23H32F2N2O2S. The molecule has 4 aliphatic rings. The number of thiophene rings is 1. The Balaban J connectivity index is 1.17. The van der Waals surface area contributed by atoms with E-state index in [-0.39, 0.29) is 17.9 Å². The minimum atomic E-state index is -2.29. The number of hydrogen-bond acceptors (Lipinski definition) is 4. The first-order valence-corrected chi connectivity index (χ1v) is 12.3. The van der Waals surface area contributed by atoms with Crippen LogP contribution in [0.3, 0.4) is 0 Å². The first kappa shape index (κ1) is 20.8. The summed E-state index contributed by atoms with van der Waals surface area (Å²) in [7, 11) is 0. The molecule has 1 spiro atoms.